The van der Waals surface area contributed by atoms with Gasteiger partial charge in [-0.05, 0) is 24.3 Å². The molecule has 1 aromatic rings. The number of allylic oxidation sites excluding steroid dienone is 1. The average Bonchev–Trinajstić information content (AvgIpc) is 2.60. The summed E-state index contributed by atoms with van der Waals surface area (Å²) in [6.07, 6.45) is 5.40. The van der Waals surface area contributed by atoms with E-state index < -0.39 is 5.91 Å². The monoisotopic (exact) mass is 209 g/mol. The van der Waals surface area contributed by atoms with E-state index in [2.05, 4.69) is 6.58 Å². The molecule has 1 heterocycles. The lowest BCUT2D eigenvalue weighted by atomic mass is 10.3. The zero-order valence-electron chi connectivity index (χ0n) is 7.78. The largest absolute Gasteiger partial charge is 0.288 e. The Kier molecular flexibility index (Phi) is 3.62. The highest BCUT2D eigenvalue weighted by molar-refractivity contribution is 7.12. The number of hydrogen-bond acceptors (Lipinski definition) is 3. The van der Waals surface area contributed by atoms with Crippen LogP contribution in [0.1, 0.15) is 16.6 Å². The van der Waals surface area contributed by atoms with Gasteiger partial charge in [0.15, 0.2) is 0 Å². The highest BCUT2D eigenvalue weighted by atomic mass is 32.1. The van der Waals surface area contributed by atoms with Crippen molar-refractivity contribution in [3.63, 3.8) is 0 Å². The maximum atomic E-state index is 11.1. The molecule has 0 saturated heterocycles. The van der Waals surface area contributed by atoms with Crippen molar-refractivity contribution < 1.29 is 10.0 Å². The maximum absolute atomic E-state index is 11.1. The van der Waals surface area contributed by atoms with E-state index in [0.29, 0.717) is 4.88 Å². The summed E-state index contributed by atoms with van der Waals surface area (Å²) in [5.74, 6) is -0.484. The third-order valence-corrected chi connectivity index (χ3v) is 2.81. The van der Waals surface area contributed by atoms with Gasteiger partial charge < -0.3 is 0 Å². The molecule has 1 aromatic heterocycles. The van der Waals surface area contributed by atoms with Gasteiger partial charge in [-0.25, -0.2) is 5.48 Å². The number of amides is 1. The van der Waals surface area contributed by atoms with Crippen LogP contribution in [0.4, 0.5) is 0 Å². The second-order valence-corrected chi connectivity index (χ2v) is 3.65. The first kappa shape index (κ1) is 10.7. The molecule has 0 aromatic carbocycles. The Morgan fingerprint density at radius 2 is 2.43 bits per heavy atom. The third-order valence-electron chi connectivity index (χ3n) is 1.70. The highest BCUT2D eigenvalue weighted by Crippen LogP contribution is 1.99. The zero-order chi connectivity index (χ0) is 10.6. The Morgan fingerprint density at radius 3 is 2.93 bits per heavy atom. The van der Waals surface area contributed by atoms with Crippen LogP contribution < -0.4 is 15.2 Å². The number of rotatable bonds is 2. The van der Waals surface area contributed by atoms with Crippen LogP contribution in [0.2, 0.25) is 0 Å². The van der Waals surface area contributed by atoms with Gasteiger partial charge in [-0.15, -0.1) is 11.3 Å². The summed E-state index contributed by atoms with van der Waals surface area (Å²) < 4.78 is 0.959. The normalized spacial score (nSPS) is 13.0. The quantitative estimate of drug-likeness (QED) is 0.554. The lowest BCUT2D eigenvalue weighted by Gasteiger charge is -1.89. The number of carbonyl (C=O) groups excluding carboxylic acids is 1. The van der Waals surface area contributed by atoms with Crippen molar-refractivity contribution >= 4 is 29.4 Å². The maximum Gasteiger partial charge on any atom is 0.284 e. The molecule has 4 heteroatoms. The summed E-state index contributed by atoms with van der Waals surface area (Å²) in [5, 5.41) is 9.42. The molecule has 74 valence electrons. The molecule has 1 rings (SSSR count). The third kappa shape index (κ3) is 2.10. The van der Waals surface area contributed by atoms with Crippen LogP contribution >= 0.6 is 11.3 Å². The molecule has 1 amide bonds. The van der Waals surface area contributed by atoms with Gasteiger partial charge in [0.2, 0.25) is 0 Å². The minimum Gasteiger partial charge on any atom is -0.288 e. The van der Waals surface area contributed by atoms with E-state index in [-0.39, 0.29) is 0 Å². The second kappa shape index (κ2) is 4.74. The van der Waals surface area contributed by atoms with Crippen molar-refractivity contribution in [1.29, 1.82) is 0 Å². The molecule has 0 fully saturated rings. The number of hydroxylamine groups is 1. The van der Waals surface area contributed by atoms with Gasteiger partial charge in [0.25, 0.3) is 5.91 Å². The number of nitrogens with one attached hydrogen (secondary N) is 1. The molecule has 14 heavy (non-hydrogen) atoms. The van der Waals surface area contributed by atoms with E-state index in [4.69, 9.17) is 5.21 Å². The fraction of sp³-hybridized carbons (Fsp3) is 0.100. The van der Waals surface area contributed by atoms with E-state index in [9.17, 15) is 4.79 Å². The average molecular weight is 209 g/mol. The SMILES string of the molecule is C=C/C=c1/sc(C(=O)NO)c/c1=C/C. The van der Waals surface area contributed by atoms with Crippen molar-refractivity contribution in [2.24, 2.45) is 0 Å². The molecular formula is C10H11NO2S. The standard InChI is InChI=1S/C10H11NO2S/c1-3-5-8-7(4-2)6-9(14-8)10(12)11-13/h3-6,13H,1H2,2H3,(H,11,12)/b7-4-,8-5+. The van der Waals surface area contributed by atoms with Gasteiger partial charge in [0, 0.05) is 4.53 Å². The smallest absolute Gasteiger partial charge is 0.284 e. The fourth-order valence-corrected chi connectivity index (χ4v) is 2.07. The van der Waals surface area contributed by atoms with Crippen molar-refractivity contribution in [2.75, 3.05) is 0 Å². The van der Waals surface area contributed by atoms with E-state index >= 15 is 0 Å². The summed E-state index contributed by atoms with van der Waals surface area (Å²) in [7, 11) is 0. The molecule has 0 bridgehead atoms. The minimum absolute atomic E-state index is 0.480. The first-order valence-corrected chi connectivity index (χ1v) is 4.88. The molecule has 0 spiro atoms. The molecule has 0 aliphatic carbocycles. The van der Waals surface area contributed by atoms with E-state index in [1.54, 1.807) is 17.6 Å². The second-order valence-electron chi connectivity index (χ2n) is 2.56. The summed E-state index contributed by atoms with van der Waals surface area (Å²) >= 11 is 1.31. The first-order chi connectivity index (χ1) is 6.72. The molecule has 0 atom stereocenters. The van der Waals surface area contributed by atoms with Crippen molar-refractivity contribution in [2.45, 2.75) is 6.92 Å². The number of thiophene rings is 1. The van der Waals surface area contributed by atoms with Crippen molar-refractivity contribution in [3.05, 3.63) is 33.3 Å². The molecule has 3 nitrogen and oxygen atoms in total. The van der Waals surface area contributed by atoms with Crippen LogP contribution in [0.15, 0.2) is 18.7 Å². The first-order valence-electron chi connectivity index (χ1n) is 4.06. The van der Waals surface area contributed by atoms with Gasteiger partial charge in [0.1, 0.15) is 0 Å². The fourth-order valence-electron chi connectivity index (χ4n) is 1.05. The Balaban J connectivity index is 3.35. The predicted octanol–water partition coefficient (Wildman–Crippen LogP) is 0.634. The highest BCUT2D eigenvalue weighted by Gasteiger charge is 2.05. The summed E-state index contributed by atoms with van der Waals surface area (Å²) in [4.78, 5) is 11.6. The number of hydrogen-bond donors (Lipinski definition) is 2. The van der Waals surface area contributed by atoms with Crippen molar-refractivity contribution in [1.82, 2.24) is 5.48 Å². The zero-order valence-corrected chi connectivity index (χ0v) is 8.60. The van der Waals surface area contributed by atoms with Crippen molar-refractivity contribution in [3.8, 4) is 0 Å². The van der Waals surface area contributed by atoms with Crippen LogP contribution in [-0.2, 0) is 0 Å². The van der Waals surface area contributed by atoms with Gasteiger partial charge >= 0.3 is 0 Å². The Morgan fingerprint density at radius 1 is 1.71 bits per heavy atom. The van der Waals surface area contributed by atoms with Gasteiger partial charge in [-0.3, -0.25) is 10.0 Å². The molecule has 0 radical (unpaired) electrons. The Hall–Kier alpha value is -1.39. The van der Waals surface area contributed by atoms with Crippen LogP contribution in [-0.4, -0.2) is 11.1 Å². The van der Waals surface area contributed by atoms with Crippen LogP contribution in [0.25, 0.3) is 12.2 Å². The molecule has 0 aliphatic heterocycles. The van der Waals surface area contributed by atoms with E-state index in [1.165, 1.54) is 11.3 Å². The Labute approximate surface area is 85.7 Å². The molecule has 0 aliphatic rings. The predicted molar refractivity (Wildman–Crippen MR) is 57.6 cm³/mol. The topological polar surface area (TPSA) is 49.3 Å². The molecule has 0 saturated carbocycles. The summed E-state index contributed by atoms with van der Waals surface area (Å²) in [6, 6.07) is 1.73. The minimum atomic E-state index is -0.484. The van der Waals surface area contributed by atoms with Crippen LogP contribution in [0, 0.1) is 0 Å². The Bertz CT molecular complexity index is 459. The summed E-state index contributed by atoms with van der Waals surface area (Å²) in [5.41, 5.74) is 1.61. The molecule has 2 N–H and O–H groups in total. The van der Waals surface area contributed by atoms with E-state index in [1.807, 2.05) is 19.1 Å². The van der Waals surface area contributed by atoms with Gasteiger partial charge in [-0.1, -0.05) is 18.7 Å². The van der Waals surface area contributed by atoms with Crippen LogP contribution in [0.3, 0.4) is 0 Å². The molecule has 0 unspecified atom stereocenters. The van der Waals surface area contributed by atoms with E-state index in [0.717, 1.165) is 9.75 Å². The lowest BCUT2D eigenvalue weighted by Crippen LogP contribution is -2.17. The van der Waals surface area contributed by atoms with Gasteiger partial charge in [-0.2, -0.15) is 0 Å². The van der Waals surface area contributed by atoms with Crippen LogP contribution in [0.5, 0.6) is 0 Å². The lowest BCUT2D eigenvalue weighted by molar-refractivity contribution is 0.0711. The van der Waals surface area contributed by atoms with Gasteiger partial charge in [0.05, 0.1) is 4.88 Å². The number of carbonyl (C=O) groups is 1. The molecular weight excluding hydrogens is 198 g/mol. The summed E-state index contributed by atoms with van der Waals surface area (Å²) in [6.45, 7) is 5.48.